The Balaban J connectivity index is 3.33. The van der Waals surface area contributed by atoms with Gasteiger partial charge in [0.15, 0.2) is 6.29 Å². The fourth-order valence-corrected chi connectivity index (χ4v) is 0.716. The highest BCUT2D eigenvalue weighted by Gasteiger charge is 2.06. The first-order valence-electron chi connectivity index (χ1n) is 2.97. The monoisotopic (exact) mass is 168 g/mol. The SMILES string of the molecule is O=Cc1cc([N+](=O)[O-])[nH]c(=O)c1. The first kappa shape index (κ1) is 8.12. The zero-order chi connectivity index (χ0) is 9.14. The van der Waals surface area contributed by atoms with Gasteiger partial charge in [-0.25, -0.2) is 9.78 Å². The van der Waals surface area contributed by atoms with E-state index in [1.807, 2.05) is 4.98 Å². The van der Waals surface area contributed by atoms with Crippen LogP contribution in [0.1, 0.15) is 10.4 Å². The summed E-state index contributed by atoms with van der Waals surface area (Å²) in [4.78, 5) is 32.2. The van der Waals surface area contributed by atoms with E-state index in [-0.39, 0.29) is 5.56 Å². The molecule has 0 saturated carbocycles. The molecule has 62 valence electrons. The number of nitro groups is 1. The van der Waals surface area contributed by atoms with Gasteiger partial charge in [-0.05, 0) is 4.92 Å². The molecular formula is C6H4N2O4. The minimum absolute atomic E-state index is 0.00884. The number of H-pyrrole nitrogens is 1. The second-order valence-corrected chi connectivity index (χ2v) is 2.04. The fraction of sp³-hybridized carbons (Fsp3) is 0. The molecule has 6 nitrogen and oxygen atoms in total. The second-order valence-electron chi connectivity index (χ2n) is 2.04. The Morgan fingerprint density at radius 1 is 1.50 bits per heavy atom. The number of hydrogen-bond acceptors (Lipinski definition) is 4. The van der Waals surface area contributed by atoms with E-state index >= 15 is 0 Å². The lowest BCUT2D eigenvalue weighted by atomic mass is 10.3. The Labute approximate surface area is 66.0 Å². The number of hydrogen-bond donors (Lipinski definition) is 1. The molecular weight excluding hydrogens is 164 g/mol. The Morgan fingerprint density at radius 2 is 2.17 bits per heavy atom. The van der Waals surface area contributed by atoms with Gasteiger partial charge in [0, 0.05) is 17.7 Å². The van der Waals surface area contributed by atoms with E-state index in [1.54, 1.807) is 0 Å². The molecule has 0 fully saturated rings. The summed E-state index contributed by atoms with van der Waals surface area (Å²) < 4.78 is 0. The van der Waals surface area contributed by atoms with Crippen molar-refractivity contribution in [1.82, 2.24) is 4.98 Å². The third-order valence-corrected chi connectivity index (χ3v) is 1.19. The summed E-state index contributed by atoms with van der Waals surface area (Å²) in [5.74, 6) is -0.482. The number of nitrogens with zero attached hydrogens (tertiary/aromatic N) is 1. The van der Waals surface area contributed by atoms with Gasteiger partial charge in [0.2, 0.25) is 0 Å². The number of rotatable bonds is 2. The summed E-state index contributed by atoms with van der Waals surface area (Å²) >= 11 is 0. The molecule has 1 aromatic heterocycles. The number of nitrogens with one attached hydrogen (secondary N) is 1. The van der Waals surface area contributed by atoms with Crippen molar-refractivity contribution in [3.8, 4) is 0 Å². The van der Waals surface area contributed by atoms with Gasteiger partial charge < -0.3 is 10.1 Å². The molecule has 0 saturated heterocycles. The van der Waals surface area contributed by atoms with Gasteiger partial charge in [-0.15, -0.1) is 0 Å². The molecule has 0 unspecified atom stereocenters. The van der Waals surface area contributed by atoms with Crippen molar-refractivity contribution in [1.29, 1.82) is 0 Å². The standard InChI is InChI=1S/C6H4N2O4/c9-3-4-1-5(8(11)12)7-6(10)2-4/h1-3H,(H,7,10). The molecule has 1 heterocycles. The molecule has 0 atom stereocenters. The average Bonchev–Trinajstić information content (AvgIpc) is 2.03. The lowest BCUT2D eigenvalue weighted by Gasteiger charge is -1.92. The van der Waals surface area contributed by atoms with Crippen LogP contribution in [-0.4, -0.2) is 16.2 Å². The van der Waals surface area contributed by atoms with Crippen molar-refractivity contribution < 1.29 is 9.72 Å². The summed E-state index contributed by atoms with van der Waals surface area (Å²) in [5.41, 5.74) is -0.670. The van der Waals surface area contributed by atoms with E-state index in [9.17, 15) is 19.7 Å². The van der Waals surface area contributed by atoms with Gasteiger partial charge in [0.25, 0.3) is 0 Å². The maximum Gasteiger partial charge on any atom is 0.332 e. The zero-order valence-electron chi connectivity index (χ0n) is 5.81. The van der Waals surface area contributed by atoms with Crippen LogP contribution in [0.4, 0.5) is 5.82 Å². The lowest BCUT2D eigenvalue weighted by molar-refractivity contribution is -0.389. The van der Waals surface area contributed by atoms with Crippen molar-refractivity contribution in [3.63, 3.8) is 0 Å². The predicted octanol–water partition coefficient (Wildman–Crippen LogP) is 0.0956. The fourth-order valence-electron chi connectivity index (χ4n) is 0.716. The van der Waals surface area contributed by atoms with E-state index in [0.29, 0.717) is 6.29 Å². The van der Waals surface area contributed by atoms with Crippen LogP contribution in [0.25, 0.3) is 0 Å². The largest absolute Gasteiger partial charge is 0.358 e. The van der Waals surface area contributed by atoms with E-state index < -0.39 is 16.3 Å². The molecule has 0 aromatic carbocycles. The molecule has 0 bridgehead atoms. The van der Waals surface area contributed by atoms with Crippen LogP contribution >= 0.6 is 0 Å². The first-order chi connectivity index (χ1) is 5.63. The van der Waals surface area contributed by atoms with Crippen LogP contribution in [0.15, 0.2) is 16.9 Å². The minimum Gasteiger partial charge on any atom is -0.358 e. The van der Waals surface area contributed by atoms with Gasteiger partial charge in [-0.1, -0.05) is 0 Å². The van der Waals surface area contributed by atoms with Crippen LogP contribution in [-0.2, 0) is 0 Å². The smallest absolute Gasteiger partial charge is 0.332 e. The maximum atomic E-state index is 10.7. The quantitative estimate of drug-likeness (QED) is 0.385. The highest BCUT2D eigenvalue weighted by atomic mass is 16.6. The molecule has 1 rings (SSSR count). The Kier molecular flexibility index (Phi) is 2.00. The van der Waals surface area contributed by atoms with Crippen LogP contribution in [0.5, 0.6) is 0 Å². The molecule has 0 spiro atoms. The molecule has 0 aliphatic heterocycles. The summed E-state index contributed by atoms with van der Waals surface area (Å²) in [6.07, 6.45) is 0.377. The first-order valence-corrected chi connectivity index (χ1v) is 2.97. The minimum atomic E-state index is -0.769. The van der Waals surface area contributed by atoms with Crippen molar-refractivity contribution in [2.24, 2.45) is 0 Å². The Bertz CT molecular complexity index is 381. The van der Waals surface area contributed by atoms with E-state index in [4.69, 9.17) is 0 Å². The molecule has 1 N–H and O–H groups in total. The van der Waals surface area contributed by atoms with Gasteiger partial charge in [0.1, 0.15) is 0 Å². The van der Waals surface area contributed by atoms with E-state index in [2.05, 4.69) is 0 Å². The topological polar surface area (TPSA) is 93.1 Å². The Morgan fingerprint density at radius 3 is 2.67 bits per heavy atom. The van der Waals surface area contributed by atoms with Gasteiger partial charge in [-0.3, -0.25) is 4.79 Å². The van der Waals surface area contributed by atoms with Gasteiger partial charge in [0.05, 0.1) is 0 Å². The van der Waals surface area contributed by atoms with Crippen molar-refractivity contribution in [2.45, 2.75) is 0 Å². The predicted molar refractivity (Wildman–Crippen MR) is 39.1 cm³/mol. The van der Waals surface area contributed by atoms with E-state index in [1.165, 1.54) is 0 Å². The highest BCUT2D eigenvalue weighted by Crippen LogP contribution is 2.03. The lowest BCUT2D eigenvalue weighted by Crippen LogP contribution is -2.08. The van der Waals surface area contributed by atoms with Crippen LogP contribution < -0.4 is 5.56 Å². The average molecular weight is 168 g/mol. The molecule has 1 aromatic rings. The summed E-state index contributed by atoms with van der Waals surface area (Å²) in [6.45, 7) is 0. The molecule has 0 radical (unpaired) electrons. The number of aromatic nitrogens is 1. The van der Waals surface area contributed by atoms with Crippen LogP contribution in [0.2, 0.25) is 0 Å². The van der Waals surface area contributed by atoms with Gasteiger partial charge in [-0.2, -0.15) is 0 Å². The van der Waals surface area contributed by atoms with Crippen LogP contribution in [0, 0.1) is 10.1 Å². The molecule has 0 aliphatic carbocycles. The van der Waals surface area contributed by atoms with Crippen molar-refractivity contribution >= 4 is 12.1 Å². The Hall–Kier alpha value is -1.98. The molecule has 0 aliphatic rings. The third kappa shape index (κ3) is 1.54. The summed E-state index contributed by atoms with van der Waals surface area (Å²) in [6, 6.07) is 1.98. The zero-order valence-corrected chi connectivity index (χ0v) is 5.81. The van der Waals surface area contributed by atoms with E-state index in [0.717, 1.165) is 12.1 Å². The maximum absolute atomic E-state index is 10.7. The second kappa shape index (κ2) is 2.95. The number of carbonyl (C=O) groups is 1. The summed E-state index contributed by atoms with van der Waals surface area (Å²) in [7, 11) is 0. The highest BCUT2D eigenvalue weighted by molar-refractivity contribution is 5.75. The molecule has 12 heavy (non-hydrogen) atoms. The van der Waals surface area contributed by atoms with Crippen molar-refractivity contribution in [3.05, 3.63) is 38.2 Å². The molecule has 0 amide bonds. The normalized spacial score (nSPS) is 9.33. The van der Waals surface area contributed by atoms with Crippen LogP contribution in [0.3, 0.4) is 0 Å². The number of carbonyl (C=O) groups excluding carboxylic acids is 1. The number of aldehydes is 1. The van der Waals surface area contributed by atoms with Crippen molar-refractivity contribution in [2.75, 3.05) is 0 Å². The molecule has 6 heteroatoms. The van der Waals surface area contributed by atoms with Gasteiger partial charge >= 0.3 is 11.4 Å². The third-order valence-electron chi connectivity index (χ3n) is 1.19. The number of aromatic amines is 1. The summed E-state index contributed by atoms with van der Waals surface area (Å²) in [5, 5.41) is 10.1. The number of pyridine rings is 1.